The van der Waals surface area contributed by atoms with Gasteiger partial charge in [-0.05, 0) is 44.6 Å². The molecule has 0 heterocycles. The number of benzene rings is 1. The molecule has 16 heteroatoms. The van der Waals surface area contributed by atoms with Crippen LogP contribution < -0.4 is 44.6 Å². The van der Waals surface area contributed by atoms with Gasteiger partial charge in [-0.2, -0.15) is 0 Å². The van der Waals surface area contributed by atoms with E-state index in [9.17, 15) is 29.4 Å². The number of aliphatic hydroxyl groups is 1. The number of aliphatic imine (C=N–C) groups is 2. The summed E-state index contributed by atoms with van der Waals surface area (Å²) in [6, 6.07) is 4.12. The second-order valence-electron chi connectivity index (χ2n) is 9.38. The molecule has 0 bridgehead atoms. The normalized spacial score (nSPS) is 14.3. The van der Waals surface area contributed by atoms with Crippen LogP contribution in [0.5, 0.6) is 0 Å². The van der Waals surface area contributed by atoms with Crippen molar-refractivity contribution in [3.8, 4) is 0 Å². The zero-order valence-electron chi connectivity index (χ0n) is 23.0. The molecule has 0 spiro atoms. The van der Waals surface area contributed by atoms with Gasteiger partial charge in [-0.15, -0.1) is 0 Å². The monoisotopic (exact) mass is 578 g/mol. The Labute approximate surface area is 238 Å². The standard InChI is InChI=1S/C25H42N10O6/c1-14(36)19(23(40)41)35-22(39)18(10-6-12-32-25(29)30)34-21(38)17(9-5-11-31-24(27)28)33-20(37)16(26)13-15-7-3-2-4-8-15/h2-4,7-8,14,16-19,36H,5-6,9-13,26H2,1H3,(H,33,37)(H,34,38)(H,35,39)(H,40,41)(H4,27,28,31)(H4,29,30,32). The van der Waals surface area contributed by atoms with Gasteiger partial charge in [0.1, 0.15) is 12.1 Å². The number of hydrogen-bond donors (Lipinski definition) is 10. The van der Waals surface area contributed by atoms with Gasteiger partial charge in [0.15, 0.2) is 18.0 Å². The Morgan fingerprint density at radius 2 is 1.27 bits per heavy atom. The molecule has 0 saturated carbocycles. The quantitative estimate of drug-likeness (QED) is 0.0464. The molecule has 16 nitrogen and oxygen atoms in total. The number of nitrogens with one attached hydrogen (secondary N) is 3. The number of carboxylic acids is 1. The summed E-state index contributed by atoms with van der Waals surface area (Å²) >= 11 is 0. The summed E-state index contributed by atoms with van der Waals surface area (Å²) in [7, 11) is 0. The van der Waals surface area contributed by atoms with Crippen molar-refractivity contribution in [3.63, 3.8) is 0 Å². The van der Waals surface area contributed by atoms with Gasteiger partial charge in [0.25, 0.3) is 0 Å². The fourth-order valence-corrected chi connectivity index (χ4v) is 3.70. The van der Waals surface area contributed by atoms with Crippen LogP contribution in [0.1, 0.15) is 38.2 Å². The molecule has 0 aliphatic carbocycles. The van der Waals surface area contributed by atoms with Gasteiger partial charge < -0.3 is 54.8 Å². The molecule has 0 aromatic heterocycles. The minimum atomic E-state index is -1.62. The summed E-state index contributed by atoms with van der Waals surface area (Å²) < 4.78 is 0. The van der Waals surface area contributed by atoms with E-state index in [4.69, 9.17) is 28.7 Å². The molecule has 228 valence electrons. The Bertz CT molecular complexity index is 1060. The number of aliphatic carboxylic acids is 1. The first kappa shape index (κ1) is 34.6. The second-order valence-corrected chi connectivity index (χ2v) is 9.38. The van der Waals surface area contributed by atoms with Crippen molar-refractivity contribution < 1.29 is 29.4 Å². The smallest absolute Gasteiger partial charge is 0.328 e. The lowest BCUT2D eigenvalue weighted by molar-refractivity contribution is -0.145. The average Bonchev–Trinajstić information content (AvgIpc) is 2.90. The minimum Gasteiger partial charge on any atom is -0.480 e. The van der Waals surface area contributed by atoms with E-state index in [0.29, 0.717) is 6.42 Å². The molecular weight excluding hydrogens is 536 g/mol. The van der Waals surface area contributed by atoms with Gasteiger partial charge in [-0.3, -0.25) is 24.4 Å². The Morgan fingerprint density at radius 1 is 0.805 bits per heavy atom. The van der Waals surface area contributed by atoms with Crippen LogP contribution in [0, 0.1) is 0 Å². The molecule has 5 unspecified atom stereocenters. The van der Waals surface area contributed by atoms with Crippen LogP contribution in [-0.4, -0.2) is 89.2 Å². The number of amides is 3. The van der Waals surface area contributed by atoms with Gasteiger partial charge in [-0.1, -0.05) is 30.3 Å². The highest BCUT2D eigenvalue weighted by atomic mass is 16.4. The van der Waals surface area contributed by atoms with Gasteiger partial charge >= 0.3 is 5.97 Å². The predicted octanol–water partition coefficient (Wildman–Crippen LogP) is -3.42. The van der Waals surface area contributed by atoms with Crippen LogP contribution in [0.3, 0.4) is 0 Å². The molecule has 1 aromatic carbocycles. The van der Waals surface area contributed by atoms with Crippen molar-refractivity contribution in [2.75, 3.05) is 13.1 Å². The van der Waals surface area contributed by atoms with E-state index in [1.807, 2.05) is 30.3 Å². The Hall–Kier alpha value is -4.44. The molecule has 1 aromatic rings. The number of nitrogens with zero attached hydrogens (tertiary/aromatic N) is 2. The first-order valence-electron chi connectivity index (χ1n) is 13.0. The fraction of sp³-hybridized carbons (Fsp3) is 0.520. The maximum atomic E-state index is 13.3. The van der Waals surface area contributed by atoms with E-state index in [-0.39, 0.29) is 50.7 Å². The minimum absolute atomic E-state index is 0.0166. The number of carboxylic acid groups (broad SMARTS) is 1. The zero-order chi connectivity index (χ0) is 30.9. The Morgan fingerprint density at radius 3 is 1.71 bits per heavy atom. The van der Waals surface area contributed by atoms with Crippen molar-refractivity contribution in [3.05, 3.63) is 35.9 Å². The Kier molecular flexibility index (Phi) is 15.2. The topological polar surface area (TPSA) is 300 Å². The molecule has 0 aliphatic rings. The van der Waals surface area contributed by atoms with Gasteiger partial charge in [-0.25, -0.2) is 4.79 Å². The number of hydrogen-bond acceptors (Lipinski definition) is 8. The highest BCUT2D eigenvalue weighted by Gasteiger charge is 2.31. The molecule has 1 rings (SSSR count). The molecule has 3 amide bonds. The van der Waals surface area contributed by atoms with Crippen LogP contribution in [0.4, 0.5) is 0 Å². The molecule has 5 atom stereocenters. The number of aliphatic hydroxyl groups excluding tert-OH is 1. The lowest BCUT2D eigenvalue weighted by atomic mass is 10.0. The summed E-state index contributed by atoms with van der Waals surface area (Å²) in [5.41, 5.74) is 28.3. The molecule has 0 aliphatic heterocycles. The molecule has 41 heavy (non-hydrogen) atoms. The van der Waals surface area contributed by atoms with E-state index in [1.54, 1.807) is 0 Å². The summed E-state index contributed by atoms with van der Waals surface area (Å²) in [5.74, 6) is -3.93. The number of carbonyl (C=O) groups is 4. The lowest BCUT2D eigenvalue weighted by Crippen LogP contribution is -2.58. The van der Waals surface area contributed by atoms with Crippen LogP contribution in [0.15, 0.2) is 40.3 Å². The highest BCUT2D eigenvalue weighted by molar-refractivity contribution is 5.94. The van der Waals surface area contributed by atoms with Crippen LogP contribution >= 0.6 is 0 Å². The summed E-state index contributed by atoms with van der Waals surface area (Å²) in [4.78, 5) is 58.4. The largest absolute Gasteiger partial charge is 0.480 e. The third-order valence-electron chi connectivity index (χ3n) is 5.84. The van der Waals surface area contributed by atoms with Gasteiger partial charge in [0.05, 0.1) is 12.1 Å². The molecule has 0 fully saturated rings. The van der Waals surface area contributed by atoms with Crippen LogP contribution in [-0.2, 0) is 25.6 Å². The number of rotatable bonds is 18. The SMILES string of the molecule is CC(O)C(NC(=O)C(CCCN=C(N)N)NC(=O)C(CCCN=C(N)N)NC(=O)C(N)Cc1ccccc1)C(=O)O. The third-order valence-corrected chi connectivity index (χ3v) is 5.84. The van der Waals surface area contributed by atoms with Crippen LogP contribution in [0.2, 0.25) is 0 Å². The van der Waals surface area contributed by atoms with Crippen LogP contribution in [0.25, 0.3) is 0 Å². The first-order chi connectivity index (χ1) is 19.3. The molecule has 0 saturated heterocycles. The first-order valence-corrected chi connectivity index (χ1v) is 13.0. The highest BCUT2D eigenvalue weighted by Crippen LogP contribution is 2.07. The van der Waals surface area contributed by atoms with Crippen molar-refractivity contribution in [1.82, 2.24) is 16.0 Å². The van der Waals surface area contributed by atoms with E-state index in [2.05, 4.69) is 25.9 Å². The summed E-state index contributed by atoms with van der Waals surface area (Å²) in [6.45, 7) is 1.51. The Balaban J connectivity index is 3.08. The fourth-order valence-electron chi connectivity index (χ4n) is 3.70. The third kappa shape index (κ3) is 14.0. The molecule has 15 N–H and O–H groups in total. The van der Waals surface area contributed by atoms with E-state index in [0.717, 1.165) is 5.56 Å². The summed E-state index contributed by atoms with van der Waals surface area (Å²) in [5, 5.41) is 26.5. The number of carbonyl (C=O) groups excluding carboxylic acids is 3. The molecule has 0 radical (unpaired) electrons. The maximum absolute atomic E-state index is 13.3. The van der Waals surface area contributed by atoms with Crippen molar-refractivity contribution in [2.45, 2.75) is 69.3 Å². The maximum Gasteiger partial charge on any atom is 0.328 e. The van der Waals surface area contributed by atoms with E-state index < -0.39 is 54.0 Å². The zero-order valence-corrected chi connectivity index (χ0v) is 23.0. The second kappa shape index (κ2) is 18.0. The number of guanidine groups is 2. The van der Waals surface area contributed by atoms with Crippen molar-refractivity contribution in [1.29, 1.82) is 0 Å². The van der Waals surface area contributed by atoms with Gasteiger partial charge in [0.2, 0.25) is 17.7 Å². The van der Waals surface area contributed by atoms with Gasteiger partial charge in [0, 0.05) is 13.1 Å². The van der Waals surface area contributed by atoms with E-state index >= 15 is 0 Å². The predicted molar refractivity (Wildman–Crippen MR) is 153 cm³/mol. The summed E-state index contributed by atoms with van der Waals surface area (Å²) in [6.07, 6.45) is -0.534. The van der Waals surface area contributed by atoms with Crippen molar-refractivity contribution in [2.24, 2.45) is 38.7 Å². The number of nitrogens with two attached hydrogens (primary N) is 5. The lowest BCUT2D eigenvalue weighted by Gasteiger charge is -2.26. The molecular formula is C25H42N10O6. The van der Waals surface area contributed by atoms with E-state index in [1.165, 1.54) is 6.92 Å². The average molecular weight is 579 g/mol. The van der Waals surface area contributed by atoms with Crippen molar-refractivity contribution >= 4 is 35.6 Å².